The van der Waals surface area contributed by atoms with Crippen LogP contribution in [0.3, 0.4) is 0 Å². The molecule has 1 atom stereocenters. The van der Waals surface area contributed by atoms with E-state index in [1.54, 1.807) is 6.21 Å². The lowest BCUT2D eigenvalue weighted by Crippen LogP contribution is -2.05. The molecule has 8 heavy (non-hydrogen) atoms. The second-order valence-electron chi connectivity index (χ2n) is 1.37. The highest BCUT2D eigenvalue weighted by molar-refractivity contribution is 7.89. The van der Waals surface area contributed by atoms with Crippen LogP contribution < -0.4 is 0 Å². The molecule has 1 heterocycles. The Morgan fingerprint density at radius 1 is 1.88 bits per heavy atom. The summed E-state index contributed by atoms with van der Waals surface area (Å²) in [6.07, 6.45) is 1.58. The van der Waals surface area contributed by atoms with Crippen molar-refractivity contribution < 1.29 is 13.9 Å². The molecule has 0 aliphatic carbocycles. The molecule has 0 aromatic rings. The van der Waals surface area contributed by atoms with Gasteiger partial charge in [0.2, 0.25) is 6.73 Å². The van der Waals surface area contributed by atoms with Crippen molar-refractivity contribution in [2.24, 2.45) is 0 Å². The first-order chi connectivity index (χ1) is 3.83. The SMILES string of the molecule is O=S1[CH-]C=[N+](CO)[CH-]1. The van der Waals surface area contributed by atoms with Gasteiger partial charge in [-0.15, -0.1) is 17.0 Å². The molecule has 0 radical (unpaired) electrons. The van der Waals surface area contributed by atoms with Crippen molar-refractivity contribution in [3.8, 4) is 0 Å². The van der Waals surface area contributed by atoms with Crippen LogP contribution >= 0.6 is 0 Å². The topological polar surface area (TPSA) is 40.3 Å². The molecule has 0 bridgehead atoms. The zero-order valence-corrected chi connectivity index (χ0v) is 4.97. The van der Waals surface area contributed by atoms with E-state index in [1.807, 2.05) is 0 Å². The molecule has 0 amide bonds. The van der Waals surface area contributed by atoms with Crippen molar-refractivity contribution in [3.63, 3.8) is 0 Å². The zero-order chi connectivity index (χ0) is 5.98. The maximum Gasteiger partial charge on any atom is 0.217 e. The first kappa shape index (κ1) is 5.65. The first-order valence-corrected chi connectivity index (χ1v) is 3.40. The van der Waals surface area contributed by atoms with Crippen molar-refractivity contribution >= 4 is 17.0 Å². The average Bonchev–Trinajstić information content (AvgIpc) is 2.14. The van der Waals surface area contributed by atoms with Gasteiger partial charge in [-0.25, -0.2) is 0 Å². The van der Waals surface area contributed by atoms with Crippen molar-refractivity contribution in [2.75, 3.05) is 6.73 Å². The van der Waals surface area contributed by atoms with E-state index in [0.29, 0.717) is 0 Å². The van der Waals surface area contributed by atoms with Crippen LogP contribution in [0.15, 0.2) is 0 Å². The Morgan fingerprint density at radius 3 is 2.88 bits per heavy atom. The fourth-order valence-corrected chi connectivity index (χ4v) is 1.17. The van der Waals surface area contributed by atoms with E-state index in [1.165, 1.54) is 16.2 Å². The van der Waals surface area contributed by atoms with Gasteiger partial charge in [0, 0.05) is 0 Å². The third-order valence-corrected chi connectivity index (χ3v) is 1.66. The summed E-state index contributed by atoms with van der Waals surface area (Å²) in [5.41, 5.74) is 0. The molecule has 0 aromatic carbocycles. The molecule has 0 spiro atoms. The first-order valence-electron chi connectivity index (χ1n) is 2.12. The minimum atomic E-state index is -0.992. The minimum Gasteiger partial charge on any atom is -0.363 e. The normalized spacial score (nSPS) is 26.1. The Bertz CT molecular complexity index is 143. The number of hydrogen-bond donors (Lipinski definition) is 1. The Hall–Kier alpha value is -0.480. The summed E-state index contributed by atoms with van der Waals surface area (Å²) in [5, 5.41) is 8.39. The Balaban J connectivity index is 2.49. The second kappa shape index (κ2) is 2.19. The molecule has 1 N–H and O–H groups in total. The van der Waals surface area contributed by atoms with Crippen LogP contribution in [-0.2, 0) is 10.8 Å². The largest absolute Gasteiger partial charge is 0.363 e. The van der Waals surface area contributed by atoms with Crippen molar-refractivity contribution in [1.82, 2.24) is 0 Å². The van der Waals surface area contributed by atoms with E-state index in [9.17, 15) is 4.21 Å². The van der Waals surface area contributed by atoms with E-state index in [-0.39, 0.29) is 6.73 Å². The molecule has 1 unspecified atom stereocenters. The third kappa shape index (κ3) is 1.02. The number of nitrogens with zero attached hydrogens (tertiary/aromatic N) is 1. The van der Waals surface area contributed by atoms with Gasteiger partial charge in [-0.1, -0.05) is 0 Å². The second-order valence-corrected chi connectivity index (χ2v) is 2.51. The summed E-state index contributed by atoms with van der Waals surface area (Å²) in [6.45, 7) is -0.0950. The summed E-state index contributed by atoms with van der Waals surface area (Å²) in [7, 11) is -0.992. The Labute approximate surface area is 50.1 Å². The van der Waals surface area contributed by atoms with Crippen molar-refractivity contribution in [1.29, 1.82) is 0 Å². The van der Waals surface area contributed by atoms with Crippen molar-refractivity contribution in [3.05, 3.63) is 11.6 Å². The predicted octanol–water partition coefficient (Wildman–Crippen LogP) is -0.937. The maximum atomic E-state index is 10.4. The summed E-state index contributed by atoms with van der Waals surface area (Å²) < 4.78 is 11.9. The summed E-state index contributed by atoms with van der Waals surface area (Å²) in [5.74, 6) is 2.95. The molecular weight excluding hydrogens is 126 g/mol. The number of rotatable bonds is 1. The minimum absolute atomic E-state index is 0.0950. The average molecular weight is 132 g/mol. The maximum absolute atomic E-state index is 10.4. The zero-order valence-electron chi connectivity index (χ0n) is 4.15. The van der Waals surface area contributed by atoms with Gasteiger partial charge in [-0.05, 0) is 0 Å². The van der Waals surface area contributed by atoms with Crippen LogP contribution in [0.25, 0.3) is 0 Å². The van der Waals surface area contributed by atoms with E-state index in [4.69, 9.17) is 5.11 Å². The molecule has 0 aromatic heterocycles. The predicted molar refractivity (Wildman–Crippen MR) is 30.2 cm³/mol. The molecule has 4 heteroatoms. The Morgan fingerprint density at radius 2 is 2.62 bits per heavy atom. The van der Waals surface area contributed by atoms with Crippen LogP contribution in [0.5, 0.6) is 0 Å². The van der Waals surface area contributed by atoms with Gasteiger partial charge in [-0.3, -0.25) is 0 Å². The summed E-state index contributed by atoms with van der Waals surface area (Å²) in [6, 6.07) is 0. The molecule has 0 fully saturated rings. The summed E-state index contributed by atoms with van der Waals surface area (Å²) >= 11 is 0. The van der Waals surface area contributed by atoms with E-state index >= 15 is 0 Å². The van der Waals surface area contributed by atoms with Gasteiger partial charge < -0.3 is 19.6 Å². The van der Waals surface area contributed by atoms with Crippen LogP contribution in [0, 0.1) is 11.6 Å². The van der Waals surface area contributed by atoms with Gasteiger partial charge in [0.05, 0.1) is 5.88 Å². The van der Waals surface area contributed by atoms with Gasteiger partial charge in [-0.2, -0.15) is 0 Å². The fraction of sp³-hybridized carbons (Fsp3) is 0.250. The third-order valence-electron chi connectivity index (χ3n) is 0.789. The van der Waals surface area contributed by atoms with E-state index in [2.05, 4.69) is 0 Å². The highest BCUT2D eigenvalue weighted by Crippen LogP contribution is 1.99. The molecule has 1 rings (SSSR count). The lowest BCUT2D eigenvalue weighted by molar-refractivity contribution is -0.507. The van der Waals surface area contributed by atoms with Gasteiger partial charge in [0.1, 0.15) is 0 Å². The lowest BCUT2D eigenvalue weighted by atomic mass is 10.8. The van der Waals surface area contributed by atoms with Crippen LogP contribution in [0.4, 0.5) is 0 Å². The molecule has 46 valence electrons. The molecule has 0 saturated heterocycles. The number of aliphatic hydroxyl groups excluding tert-OH is 1. The number of hydrogen-bond acceptors (Lipinski definition) is 2. The van der Waals surface area contributed by atoms with E-state index < -0.39 is 10.8 Å². The molecular formula is C4H6NO2S-. The highest BCUT2D eigenvalue weighted by Gasteiger charge is 1.95. The highest BCUT2D eigenvalue weighted by atomic mass is 32.2. The molecule has 0 saturated carbocycles. The van der Waals surface area contributed by atoms with E-state index in [0.717, 1.165) is 0 Å². The molecule has 1 aliphatic rings. The standard InChI is InChI=1S/C4H6NO2S/c6-3-5-1-2-8(7)4-5/h1-2,4,6H,3H2/q-1. The number of aliphatic hydroxyl groups is 1. The fourth-order valence-electron chi connectivity index (χ4n) is 0.422. The lowest BCUT2D eigenvalue weighted by Gasteiger charge is -1.99. The smallest absolute Gasteiger partial charge is 0.217 e. The van der Waals surface area contributed by atoms with Gasteiger partial charge >= 0.3 is 0 Å². The Kier molecular flexibility index (Phi) is 1.55. The van der Waals surface area contributed by atoms with Crippen LogP contribution in [-0.4, -0.2) is 26.8 Å². The summed E-state index contributed by atoms with van der Waals surface area (Å²) in [4.78, 5) is 0. The van der Waals surface area contributed by atoms with Crippen LogP contribution in [0.1, 0.15) is 0 Å². The van der Waals surface area contributed by atoms with Crippen LogP contribution in [0.2, 0.25) is 0 Å². The quantitative estimate of drug-likeness (QED) is 0.369. The molecule has 1 aliphatic heterocycles. The van der Waals surface area contributed by atoms with Gasteiger partial charge in [0.15, 0.2) is 0 Å². The van der Waals surface area contributed by atoms with Gasteiger partial charge in [0.25, 0.3) is 0 Å². The monoisotopic (exact) mass is 132 g/mol. The molecule has 3 nitrogen and oxygen atoms in total. The van der Waals surface area contributed by atoms with Crippen molar-refractivity contribution in [2.45, 2.75) is 0 Å².